The molecule has 1 spiro atoms. The summed E-state index contributed by atoms with van der Waals surface area (Å²) in [5, 5.41) is 12.3. The van der Waals surface area contributed by atoms with Crippen LogP contribution in [0.3, 0.4) is 0 Å². The van der Waals surface area contributed by atoms with Crippen LogP contribution in [-0.2, 0) is 11.8 Å². The highest BCUT2D eigenvalue weighted by Gasteiger charge is 2.74. The highest BCUT2D eigenvalue weighted by Crippen LogP contribution is 2.64. The minimum Gasteiger partial charge on any atom is -0.484 e. The number of quaternary nitrogens is 1. The summed E-state index contributed by atoms with van der Waals surface area (Å²) in [4.78, 5) is 12.1. The smallest absolute Gasteiger partial charge is 0.252 e. The van der Waals surface area contributed by atoms with E-state index in [0.717, 1.165) is 47.5 Å². The van der Waals surface area contributed by atoms with E-state index >= 15 is 0 Å². The van der Waals surface area contributed by atoms with Crippen molar-refractivity contribution in [2.75, 3.05) is 20.1 Å². The number of ether oxygens (including phenoxy) is 1. The molecular weight excluding hydrogens is 352 g/mol. The second-order valence-electron chi connectivity index (χ2n) is 9.84. The van der Waals surface area contributed by atoms with Crippen molar-refractivity contribution in [3.05, 3.63) is 53.1 Å². The van der Waals surface area contributed by atoms with E-state index in [0.29, 0.717) is 11.3 Å². The third-order valence-corrected chi connectivity index (χ3v) is 8.30. The van der Waals surface area contributed by atoms with Crippen LogP contribution in [0.25, 0.3) is 0 Å². The van der Waals surface area contributed by atoms with Crippen LogP contribution in [0.2, 0.25) is 0 Å². The Bertz CT molecular complexity index is 980. The third-order valence-electron chi connectivity index (χ3n) is 8.30. The number of primary amides is 1. The molecule has 2 unspecified atom stereocenters. The topological polar surface area (TPSA) is 72.5 Å². The van der Waals surface area contributed by atoms with Crippen molar-refractivity contribution in [3.63, 3.8) is 0 Å². The molecule has 1 saturated heterocycles. The molecule has 2 fully saturated rings. The molecule has 5 nitrogen and oxygen atoms in total. The standard InChI is InChI=1S/C23H26N2O3/c1-13-7-8-23(27)17-11-15-5-6-16(21(24)26)19-18(15)22(23,20(13)28-19)9-10-25(17,2)12-14-3-4-14/h5-8,14,17,20,27H,1,3-4,9-12H2,2H3,(H-,24,26)/p+1/t17?,20-,22?,23+,25-/m0/s1. The molecule has 5 atom stereocenters. The Labute approximate surface area is 165 Å². The van der Waals surface area contributed by atoms with E-state index in [1.54, 1.807) is 6.07 Å². The van der Waals surface area contributed by atoms with Gasteiger partial charge in [-0.3, -0.25) is 4.79 Å². The predicted molar refractivity (Wildman–Crippen MR) is 105 cm³/mol. The molecule has 0 radical (unpaired) electrons. The number of carbonyl (C=O) groups excluding carboxylic acids is 1. The largest absolute Gasteiger partial charge is 0.484 e. The lowest BCUT2D eigenvalue weighted by Gasteiger charge is -2.63. The van der Waals surface area contributed by atoms with Gasteiger partial charge in [-0.2, -0.15) is 0 Å². The monoisotopic (exact) mass is 379 g/mol. The fourth-order valence-electron chi connectivity index (χ4n) is 6.84. The van der Waals surface area contributed by atoms with E-state index in [4.69, 9.17) is 10.5 Å². The molecule has 2 heterocycles. The molecule has 28 heavy (non-hydrogen) atoms. The quantitative estimate of drug-likeness (QED) is 0.787. The molecule has 1 aromatic carbocycles. The first-order valence-electron chi connectivity index (χ1n) is 10.4. The molecule has 5 heteroatoms. The normalized spacial score (nSPS) is 42.1. The maximum absolute atomic E-state index is 12.3. The Kier molecular flexibility index (Phi) is 2.94. The summed E-state index contributed by atoms with van der Waals surface area (Å²) < 4.78 is 7.29. The van der Waals surface area contributed by atoms with Gasteiger partial charge >= 0.3 is 0 Å². The zero-order chi connectivity index (χ0) is 19.5. The van der Waals surface area contributed by atoms with Gasteiger partial charge in [0.05, 0.1) is 31.1 Å². The molecule has 2 aliphatic heterocycles. The Hall–Kier alpha value is -2.11. The van der Waals surface area contributed by atoms with Crippen LogP contribution in [0, 0.1) is 5.92 Å². The first-order chi connectivity index (χ1) is 13.3. The highest BCUT2D eigenvalue weighted by atomic mass is 16.5. The van der Waals surface area contributed by atoms with E-state index in [1.807, 2.05) is 18.2 Å². The fourth-order valence-corrected chi connectivity index (χ4v) is 6.84. The molecule has 1 amide bonds. The number of piperidine rings is 1. The van der Waals surface area contributed by atoms with E-state index in [9.17, 15) is 9.90 Å². The van der Waals surface area contributed by atoms with Crippen LogP contribution >= 0.6 is 0 Å². The number of nitrogens with zero attached hydrogens (tertiary/aromatic N) is 1. The molecule has 0 aromatic heterocycles. The lowest BCUT2D eigenvalue weighted by molar-refractivity contribution is -0.949. The Balaban J connectivity index is 1.62. The summed E-state index contributed by atoms with van der Waals surface area (Å²) in [5.41, 5.74) is 7.56. The van der Waals surface area contributed by atoms with Gasteiger partial charge in [0.2, 0.25) is 0 Å². The minimum atomic E-state index is -1.00. The number of rotatable bonds is 3. The van der Waals surface area contributed by atoms with Crippen LogP contribution < -0.4 is 10.5 Å². The number of nitrogens with two attached hydrogens (primary N) is 1. The number of amides is 1. The summed E-state index contributed by atoms with van der Waals surface area (Å²) in [6.07, 6.45) is 7.81. The van der Waals surface area contributed by atoms with Crippen molar-refractivity contribution in [1.29, 1.82) is 0 Å². The Morgan fingerprint density at radius 2 is 2.21 bits per heavy atom. The van der Waals surface area contributed by atoms with Crippen molar-refractivity contribution in [2.45, 2.75) is 48.8 Å². The molecule has 5 aliphatic rings. The summed E-state index contributed by atoms with van der Waals surface area (Å²) in [5.74, 6) is 0.882. The molecule has 6 rings (SSSR count). The molecule has 1 saturated carbocycles. The van der Waals surface area contributed by atoms with Crippen LogP contribution in [0.5, 0.6) is 5.75 Å². The number of hydrogen-bond donors (Lipinski definition) is 2. The van der Waals surface area contributed by atoms with E-state index in [2.05, 4.69) is 13.6 Å². The van der Waals surface area contributed by atoms with Crippen molar-refractivity contribution in [1.82, 2.24) is 0 Å². The highest BCUT2D eigenvalue weighted by molar-refractivity contribution is 5.97. The maximum atomic E-state index is 12.3. The van der Waals surface area contributed by atoms with Gasteiger partial charge in [-0.05, 0) is 36.1 Å². The van der Waals surface area contributed by atoms with Crippen LogP contribution in [0.15, 0.2) is 36.4 Å². The molecule has 2 bridgehead atoms. The second kappa shape index (κ2) is 4.89. The number of likely N-dealkylation sites (tertiary alicyclic amines) is 1. The zero-order valence-corrected chi connectivity index (χ0v) is 16.3. The van der Waals surface area contributed by atoms with E-state index in [-0.39, 0.29) is 12.1 Å². The van der Waals surface area contributed by atoms with Gasteiger partial charge in [0.1, 0.15) is 23.5 Å². The molecular formula is C23H27N2O3+. The number of aliphatic hydroxyl groups is 1. The number of carbonyl (C=O) groups is 1. The summed E-state index contributed by atoms with van der Waals surface area (Å²) in [7, 11) is 2.32. The maximum Gasteiger partial charge on any atom is 0.252 e. The SMILES string of the molecule is C=C1C=C[C@@]2(O)C3Cc4ccc(C(N)=O)c5c4C2(CC[N@@+]3(C)CC2CC2)[C@H]1O5. The lowest BCUT2D eigenvalue weighted by atomic mass is 9.50. The van der Waals surface area contributed by atoms with Crippen LogP contribution in [0.4, 0.5) is 0 Å². The lowest BCUT2D eigenvalue weighted by Crippen LogP contribution is -2.79. The predicted octanol–water partition coefficient (Wildman–Crippen LogP) is 1.83. The average molecular weight is 379 g/mol. The molecule has 1 aromatic rings. The van der Waals surface area contributed by atoms with E-state index in [1.165, 1.54) is 18.4 Å². The van der Waals surface area contributed by atoms with E-state index < -0.39 is 16.9 Å². The van der Waals surface area contributed by atoms with Crippen molar-refractivity contribution < 1.29 is 19.1 Å². The van der Waals surface area contributed by atoms with Crippen molar-refractivity contribution >= 4 is 5.91 Å². The zero-order valence-electron chi connectivity index (χ0n) is 16.3. The van der Waals surface area contributed by atoms with Crippen LogP contribution in [-0.4, -0.2) is 53.4 Å². The Morgan fingerprint density at radius 3 is 2.93 bits per heavy atom. The Morgan fingerprint density at radius 1 is 1.43 bits per heavy atom. The van der Waals surface area contributed by atoms with Gasteiger partial charge in [-0.15, -0.1) is 0 Å². The van der Waals surface area contributed by atoms with Crippen molar-refractivity contribution in [3.8, 4) is 5.75 Å². The third kappa shape index (κ3) is 1.74. The van der Waals surface area contributed by atoms with Gasteiger partial charge in [0.25, 0.3) is 5.91 Å². The molecule has 3 N–H and O–H groups in total. The molecule has 146 valence electrons. The fraction of sp³-hybridized carbons (Fsp3) is 0.522. The second-order valence-corrected chi connectivity index (χ2v) is 9.84. The molecule has 3 aliphatic carbocycles. The van der Waals surface area contributed by atoms with Crippen LogP contribution in [0.1, 0.15) is 40.7 Å². The average Bonchev–Trinajstić information content (AvgIpc) is 3.37. The number of benzene rings is 1. The van der Waals surface area contributed by atoms with Gasteiger partial charge < -0.3 is 20.1 Å². The number of likely N-dealkylation sites (N-methyl/N-ethyl adjacent to an activating group) is 1. The first-order valence-corrected chi connectivity index (χ1v) is 10.4. The summed E-state index contributed by atoms with van der Waals surface area (Å²) >= 11 is 0. The van der Waals surface area contributed by atoms with Gasteiger partial charge in [0.15, 0.2) is 0 Å². The van der Waals surface area contributed by atoms with Gasteiger partial charge in [0, 0.05) is 24.3 Å². The van der Waals surface area contributed by atoms with Crippen molar-refractivity contribution in [2.24, 2.45) is 11.7 Å². The minimum absolute atomic E-state index is 0.0789. The number of hydrogen-bond acceptors (Lipinski definition) is 3. The van der Waals surface area contributed by atoms with Gasteiger partial charge in [-0.25, -0.2) is 0 Å². The summed E-state index contributed by atoms with van der Waals surface area (Å²) in [6, 6.07) is 3.91. The van der Waals surface area contributed by atoms with Gasteiger partial charge in [-0.1, -0.05) is 18.7 Å². The first kappa shape index (κ1) is 16.8. The summed E-state index contributed by atoms with van der Waals surface area (Å²) in [6.45, 7) is 6.36.